The first-order valence-electron chi connectivity index (χ1n) is 3.99. The Morgan fingerprint density at radius 2 is 2.29 bits per heavy atom. The lowest BCUT2D eigenvalue weighted by Gasteiger charge is -2.03. The van der Waals surface area contributed by atoms with Crippen LogP contribution in [0.1, 0.15) is 6.42 Å². The van der Waals surface area contributed by atoms with Crippen LogP contribution in [0.5, 0.6) is 0 Å². The Morgan fingerprint density at radius 3 is 2.93 bits per heavy atom. The minimum atomic E-state index is -0.0956. The average Bonchev–Trinajstić information content (AvgIpc) is 2.18. The van der Waals surface area contributed by atoms with Crippen LogP contribution in [0.15, 0.2) is 12.4 Å². The van der Waals surface area contributed by atoms with Crippen LogP contribution in [0.4, 0.5) is 5.82 Å². The fourth-order valence-electron chi connectivity index (χ4n) is 0.794. The van der Waals surface area contributed by atoms with Crippen LogP contribution in [0.25, 0.3) is 0 Å². The summed E-state index contributed by atoms with van der Waals surface area (Å²) < 4.78 is 0. The van der Waals surface area contributed by atoms with E-state index < -0.39 is 0 Å². The summed E-state index contributed by atoms with van der Waals surface area (Å²) in [6, 6.07) is 0. The maximum Gasteiger partial charge on any atom is 0.226 e. The predicted molar refractivity (Wildman–Crippen MR) is 58.7 cm³/mol. The van der Waals surface area contributed by atoms with Gasteiger partial charge in [-0.2, -0.15) is 11.8 Å². The van der Waals surface area contributed by atoms with Gasteiger partial charge in [0.1, 0.15) is 0 Å². The third-order valence-electron chi connectivity index (χ3n) is 1.44. The summed E-state index contributed by atoms with van der Waals surface area (Å²) in [4.78, 5) is 19.0. The first-order valence-corrected chi connectivity index (χ1v) is 5.76. The van der Waals surface area contributed by atoms with Gasteiger partial charge in [-0.15, -0.1) is 0 Å². The highest BCUT2D eigenvalue weighted by Crippen LogP contribution is 2.14. The van der Waals surface area contributed by atoms with Gasteiger partial charge in [0.05, 0.1) is 0 Å². The summed E-state index contributed by atoms with van der Waals surface area (Å²) in [6.45, 7) is 0. The van der Waals surface area contributed by atoms with Gasteiger partial charge in [0.15, 0.2) is 11.0 Å². The van der Waals surface area contributed by atoms with E-state index in [-0.39, 0.29) is 11.1 Å². The molecule has 0 bridgehead atoms. The highest BCUT2D eigenvalue weighted by molar-refractivity contribution is 7.98. The molecule has 0 saturated heterocycles. The van der Waals surface area contributed by atoms with Gasteiger partial charge in [-0.25, -0.2) is 9.97 Å². The summed E-state index contributed by atoms with van der Waals surface area (Å²) in [7, 11) is 0. The van der Waals surface area contributed by atoms with Gasteiger partial charge in [-0.05, 0) is 6.26 Å². The minimum absolute atomic E-state index is 0.0956. The molecule has 0 aliphatic rings. The van der Waals surface area contributed by atoms with Crippen LogP contribution < -0.4 is 5.32 Å². The van der Waals surface area contributed by atoms with Crippen molar-refractivity contribution in [2.24, 2.45) is 0 Å². The molecule has 1 amide bonds. The number of carbonyl (C=O) groups is 1. The minimum Gasteiger partial charge on any atom is -0.308 e. The molecule has 1 heterocycles. The maximum absolute atomic E-state index is 11.3. The second-order valence-corrected chi connectivity index (χ2v) is 3.83. The molecule has 0 unspecified atom stereocenters. The van der Waals surface area contributed by atoms with Crippen molar-refractivity contribution in [3.05, 3.63) is 17.5 Å². The SMILES string of the molecule is CSCCC(=O)Nc1nccnc1Cl. The molecule has 0 aliphatic heterocycles. The normalized spacial score (nSPS) is 9.86. The standard InChI is InChI=1S/C8H10ClN3OS/c1-14-5-2-6(13)12-8-7(9)10-3-4-11-8/h3-4H,2,5H2,1H3,(H,11,12,13). The van der Waals surface area contributed by atoms with Gasteiger partial charge < -0.3 is 5.32 Å². The largest absolute Gasteiger partial charge is 0.308 e. The smallest absolute Gasteiger partial charge is 0.226 e. The summed E-state index contributed by atoms with van der Waals surface area (Å²) in [5.74, 6) is 1.01. The summed E-state index contributed by atoms with van der Waals surface area (Å²) in [6.07, 6.45) is 5.35. The molecule has 0 aromatic carbocycles. The number of hydrogen-bond acceptors (Lipinski definition) is 4. The zero-order valence-electron chi connectivity index (χ0n) is 7.66. The van der Waals surface area contributed by atoms with E-state index >= 15 is 0 Å². The van der Waals surface area contributed by atoms with E-state index in [0.717, 1.165) is 5.75 Å². The Morgan fingerprint density at radius 1 is 1.57 bits per heavy atom. The van der Waals surface area contributed by atoms with Crippen LogP contribution in [-0.4, -0.2) is 27.9 Å². The van der Waals surface area contributed by atoms with Crippen LogP contribution in [0.3, 0.4) is 0 Å². The second-order valence-electron chi connectivity index (χ2n) is 2.49. The number of hydrogen-bond donors (Lipinski definition) is 1. The molecular formula is C8H10ClN3OS. The number of aromatic nitrogens is 2. The molecule has 6 heteroatoms. The Hall–Kier alpha value is -0.810. The summed E-state index contributed by atoms with van der Waals surface area (Å²) >= 11 is 7.32. The van der Waals surface area contributed by atoms with E-state index in [9.17, 15) is 4.79 Å². The van der Waals surface area contributed by atoms with E-state index in [4.69, 9.17) is 11.6 Å². The quantitative estimate of drug-likeness (QED) is 0.859. The molecule has 1 aromatic heterocycles. The van der Waals surface area contributed by atoms with Gasteiger partial charge >= 0.3 is 0 Å². The highest BCUT2D eigenvalue weighted by Gasteiger charge is 2.06. The molecule has 0 aliphatic carbocycles. The highest BCUT2D eigenvalue weighted by atomic mass is 35.5. The van der Waals surface area contributed by atoms with Gasteiger partial charge in [-0.3, -0.25) is 4.79 Å². The molecule has 0 radical (unpaired) electrons. The monoisotopic (exact) mass is 231 g/mol. The Kier molecular flexibility index (Phi) is 4.69. The first kappa shape index (κ1) is 11.3. The van der Waals surface area contributed by atoms with E-state index in [2.05, 4.69) is 15.3 Å². The number of carbonyl (C=O) groups excluding carboxylic acids is 1. The first-order chi connectivity index (χ1) is 6.74. The molecule has 0 atom stereocenters. The molecule has 76 valence electrons. The van der Waals surface area contributed by atoms with Gasteiger partial charge in [-0.1, -0.05) is 11.6 Å². The second kappa shape index (κ2) is 5.82. The van der Waals surface area contributed by atoms with Crippen LogP contribution in [0.2, 0.25) is 5.15 Å². The van der Waals surface area contributed by atoms with Crippen molar-refractivity contribution in [2.45, 2.75) is 6.42 Å². The van der Waals surface area contributed by atoms with E-state index in [1.165, 1.54) is 12.4 Å². The van der Waals surface area contributed by atoms with E-state index in [1.807, 2.05) is 6.26 Å². The van der Waals surface area contributed by atoms with E-state index in [1.54, 1.807) is 11.8 Å². The molecular weight excluding hydrogens is 222 g/mol. The average molecular weight is 232 g/mol. The number of thioether (sulfide) groups is 1. The van der Waals surface area contributed by atoms with Crippen molar-refractivity contribution in [3.63, 3.8) is 0 Å². The zero-order valence-corrected chi connectivity index (χ0v) is 9.23. The molecule has 0 fully saturated rings. The van der Waals surface area contributed by atoms with Crippen molar-refractivity contribution >= 4 is 35.1 Å². The molecule has 14 heavy (non-hydrogen) atoms. The summed E-state index contributed by atoms with van der Waals surface area (Å²) in [5.41, 5.74) is 0. The van der Waals surface area contributed by atoms with E-state index in [0.29, 0.717) is 12.2 Å². The van der Waals surface area contributed by atoms with Crippen LogP contribution in [-0.2, 0) is 4.79 Å². The van der Waals surface area contributed by atoms with Crippen molar-refractivity contribution in [1.29, 1.82) is 0 Å². The molecule has 4 nitrogen and oxygen atoms in total. The third kappa shape index (κ3) is 3.51. The number of nitrogens with zero attached hydrogens (tertiary/aromatic N) is 2. The fraction of sp³-hybridized carbons (Fsp3) is 0.375. The number of halogens is 1. The Balaban J connectivity index is 2.52. The Bertz CT molecular complexity index is 321. The molecule has 0 saturated carbocycles. The molecule has 1 N–H and O–H groups in total. The molecule has 1 rings (SSSR count). The van der Waals surface area contributed by atoms with Crippen LogP contribution >= 0.6 is 23.4 Å². The van der Waals surface area contributed by atoms with Crippen molar-refractivity contribution < 1.29 is 4.79 Å². The lowest BCUT2D eigenvalue weighted by Crippen LogP contribution is -2.13. The number of amides is 1. The third-order valence-corrected chi connectivity index (χ3v) is 2.33. The Labute approximate surface area is 91.5 Å². The van der Waals surface area contributed by atoms with Crippen LogP contribution in [0, 0.1) is 0 Å². The van der Waals surface area contributed by atoms with Crippen molar-refractivity contribution in [2.75, 3.05) is 17.3 Å². The number of nitrogens with one attached hydrogen (secondary N) is 1. The van der Waals surface area contributed by atoms with Gasteiger partial charge in [0.25, 0.3) is 0 Å². The molecule has 0 spiro atoms. The topological polar surface area (TPSA) is 54.9 Å². The lowest BCUT2D eigenvalue weighted by atomic mass is 10.4. The zero-order chi connectivity index (χ0) is 10.4. The predicted octanol–water partition coefficient (Wildman–Crippen LogP) is 1.82. The number of rotatable bonds is 4. The van der Waals surface area contributed by atoms with Crippen molar-refractivity contribution in [1.82, 2.24) is 9.97 Å². The van der Waals surface area contributed by atoms with Gasteiger partial charge in [0.2, 0.25) is 5.91 Å². The lowest BCUT2D eigenvalue weighted by molar-refractivity contribution is -0.115. The summed E-state index contributed by atoms with van der Waals surface area (Å²) in [5, 5.41) is 2.80. The molecule has 1 aromatic rings. The number of anilines is 1. The fourth-order valence-corrected chi connectivity index (χ4v) is 1.34. The van der Waals surface area contributed by atoms with Crippen molar-refractivity contribution in [3.8, 4) is 0 Å². The van der Waals surface area contributed by atoms with Gasteiger partial charge in [0, 0.05) is 24.6 Å². The maximum atomic E-state index is 11.3.